The summed E-state index contributed by atoms with van der Waals surface area (Å²) in [7, 11) is 1.88. The lowest BCUT2D eigenvalue weighted by Gasteiger charge is -2.49. The summed E-state index contributed by atoms with van der Waals surface area (Å²) < 4.78 is 1.96. The van der Waals surface area contributed by atoms with Crippen LogP contribution in [-0.2, 0) is 11.3 Å². The van der Waals surface area contributed by atoms with E-state index in [0.717, 1.165) is 43.7 Å². The van der Waals surface area contributed by atoms with E-state index in [9.17, 15) is 4.79 Å². The second-order valence-electron chi connectivity index (χ2n) is 9.32. The van der Waals surface area contributed by atoms with Gasteiger partial charge in [-0.25, -0.2) is 0 Å². The van der Waals surface area contributed by atoms with Crippen molar-refractivity contribution < 1.29 is 4.79 Å². The zero-order valence-electron chi connectivity index (χ0n) is 19.2. The van der Waals surface area contributed by atoms with Crippen LogP contribution in [0.25, 0.3) is 22.4 Å². The van der Waals surface area contributed by atoms with Crippen LogP contribution in [0.2, 0.25) is 0 Å². The molecule has 0 N–H and O–H groups in total. The molecule has 0 spiro atoms. The van der Waals surface area contributed by atoms with Crippen LogP contribution in [0.15, 0.2) is 73.4 Å². The molecule has 3 fully saturated rings. The molecular formula is C27H31N5O. The average molecular weight is 442 g/mol. The van der Waals surface area contributed by atoms with Crippen molar-refractivity contribution >= 4 is 5.91 Å². The molecule has 0 radical (unpaired) electrons. The molecule has 3 aliphatic heterocycles. The maximum atomic E-state index is 12.8. The standard InChI is InChI=1S/C27H31N5O/c1-3-14-30(2)27(33)25-18-31-15-13-23(25)16-24(31)17-32-19-26(28-29-32)22-11-9-21(10-12-22)20-7-5-4-6-8-20/h3-12,19,23-25H,1,13-18H2,2H3/t23-,24-,25-/m1/s1. The SMILES string of the molecule is C=CCN(C)C(=O)[C@@H]1CN2CC[C@@H]1C[C@@H]2Cn1cc(-c2ccc(-c3ccccc3)cc2)nn1. The number of rotatable bonds is 7. The maximum Gasteiger partial charge on any atom is 0.227 e. The molecule has 3 aliphatic rings. The van der Waals surface area contributed by atoms with E-state index < -0.39 is 0 Å². The molecule has 33 heavy (non-hydrogen) atoms. The molecule has 6 heteroatoms. The van der Waals surface area contributed by atoms with Crippen LogP contribution in [0.4, 0.5) is 0 Å². The summed E-state index contributed by atoms with van der Waals surface area (Å²) in [5.41, 5.74) is 4.37. The summed E-state index contributed by atoms with van der Waals surface area (Å²) in [6, 6.07) is 19.3. The van der Waals surface area contributed by atoms with E-state index in [1.165, 1.54) is 11.1 Å². The highest BCUT2D eigenvalue weighted by Gasteiger charge is 2.44. The first-order valence-electron chi connectivity index (χ1n) is 11.8. The zero-order valence-corrected chi connectivity index (χ0v) is 19.2. The van der Waals surface area contributed by atoms with Gasteiger partial charge in [0.25, 0.3) is 0 Å². The number of hydrogen-bond acceptors (Lipinski definition) is 4. The summed E-state index contributed by atoms with van der Waals surface area (Å²) in [6.45, 7) is 7.09. The van der Waals surface area contributed by atoms with Crippen LogP contribution in [0.1, 0.15) is 12.8 Å². The van der Waals surface area contributed by atoms with E-state index in [1.54, 1.807) is 11.0 Å². The summed E-state index contributed by atoms with van der Waals surface area (Å²) in [4.78, 5) is 17.1. The molecule has 170 valence electrons. The van der Waals surface area contributed by atoms with Crippen LogP contribution in [0.5, 0.6) is 0 Å². The Labute approximate surface area is 195 Å². The minimum Gasteiger partial charge on any atom is -0.342 e. The Morgan fingerprint density at radius 1 is 1.12 bits per heavy atom. The number of piperidine rings is 3. The number of likely N-dealkylation sites (N-methyl/N-ethyl adjacent to an activating group) is 1. The maximum absolute atomic E-state index is 12.8. The Morgan fingerprint density at radius 3 is 2.55 bits per heavy atom. The highest BCUT2D eigenvalue weighted by atomic mass is 16.2. The molecular weight excluding hydrogens is 410 g/mol. The second kappa shape index (κ2) is 9.32. The number of fused-ring (bicyclic) bond motifs is 3. The molecule has 4 heterocycles. The Kier molecular flexibility index (Phi) is 6.09. The Hall–Kier alpha value is -3.25. The Morgan fingerprint density at radius 2 is 1.85 bits per heavy atom. The molecule has 2 bridgehead atoms. The number of carbonyl (C=O) groups is 1. The number of carbonyl (C=O) groups excluding carboxylic acids is 1. The highest BCUT2D eigenvalue weighted by molar-refractivity contribution is 5.79. The minimum absolute atomic E-state index is 0.106. The Balaban J connectivity index is 1.23. The van der Waals surface area contributed by atoms with Gasteiger partial charge in [0, 0.05) is 31.7 Å². The third-order valence-electron chi connectivity index (χ3n) is 7.20. The first-order valence-corrected chi connectivity index (χ1v) is 11.8. The van der Waals surface area contributed by atoms with Crippen LogP contribution >= 0.6 is 0 Å². The predicted molar refractivity (Wildman–Crippen MR) is 130 cm³/mol. The van der Waals surface area contributed by atoms with Gasteiger partial charge in [0.2, 0.25) is 5.91 Å². The third-order valence-corrected chi connectivity index (χ3v) is 7.20. The quantitative estimate of drug-likeness (QED) is 0.521. The minimum atomic E-state index is 0.106. The van der Waals surface area contributed by atoms with Gasteiger partial charge in [-0.1, -0.05) is 65.9 Å². The molecule has 6 rings (SSSR count). The normalized spacial score (nSPS) is 23.9. The summed E-state index contributed by atoms with van der Waals surface area (Å²) in [5, 5.41) is 8.84. The fourth-order valence-corrected chi connectivity index (χ4v) is 5.37. The van der Waals surface area contributed by atoms with E-state index >= 15 is 0 Å². The summed E-state index contributed by atoms with van der Waals surface area (Å²) in [5.74, 6) is 0.813. The van der Waals surface area contributed by atoms with Crippen LogP contribution in [-0.4, -0.2) is 63.4 Å². The van der Waals surface area contributed by atoms with E-state index in [2.05, 4.69) is 70.3 Å². The van der Waals surface area contributed by atoms with Gasteiger partial charge in [0.15, 0.2) is 0 Å². The van der Waals surface area contributed by atoms with Gasteiger partial charge in [-0.2, -0.15) is 0 Å². The fraction of sp³-hybridized carbons (Fsp3) is 0.370. The Bertz CT molecular complexity index is 1110. The predicted octanol–water partition coefficient (Wildman–Crippen LogP) is 3.97. The number of benzene rings is 2. The van der Waals surface area contributed by atoms with Crippen molar-refractivity contribution in [2.24, 2.45) is 11.8 Å². The lowest BCUT2D eigenvalue weighted by Crippen LogP contribution is -2.58. The molecule has 1 amide bonds. The summed E-state index contributed by atoms with van der Waals surface area (Å²) >= 11 is 0. The van der Waals surface area contributed by atoms with Crippen molar-refractivity contribution in [1.82, 2.24) is 24.8 Å². The smallest absolute Gasteiger partial charge is 0.227 e. The highest BCUT2D eigenvalue weighted by Crippen LogP contribution is 2.37. The topological polar surface area (TPSA) is 54.3 Å². The fourth-order valence-electron chi connectivity index (χ4n) is 5.37. The molecule has 4 atom stereocenters. The van der Waals surface area contributed by atoms with Crippen LogP contribution < -0.4 is 0 Å². The van der Waals surface area contributed by atoms with Crippen molar-refractivity contribution in [3.8, 4) is 22.4 Å². The molecule has 2 aromatic carbocycles. The van der Waals surface area contributed by atoms with Crippen molar-refractivity contribution in [3.05, 3.63) is 73.4 Å². The van der Waals surface area contributed by atoms with Crippen molar-refractivity contribution in [3.63, 3.8) is 0 Å². The van der Waals surface area contributed by atoms with Gasteiger partial charge in [0.1, 0.15) is 5.69 Å². The molecule has 1 unspecified atom stereocenters. The van der Waals surface area contributed by atoms with Crippen molar-refractivity contribution in [2.45, 2.75) is 25.4 Å². The van der Waals surface area contributed by atoms with Gasteiger partial charge in [-0.3, -0.25) is 14.4 Å². The zero-order chi connectivity index (χ0) is 22.8. The third kappa shape index (κ3) is 4.48. The van der Waals surface area contributed by atoms with E-state index in [4.69, 9.17) is 0 Å². The number of aromatic nitrogens is 3. The summed E-state index contributed by atoms with van der Waals surface area (Å²) in [6.07, 6.45) is 5.98. The van der Waals surface area contributed by atoms with Crippen molar-refractivity contribution in [1.29, 1.82) is 0 Å². The number of hydrogen-bond donors (Lipinski definition) is 0. The molecule has 0 saturated carbocycles. The van der Waals surface area contributed by atoms with Crippen molar-refractivity contribution in [2.75, 3.05) is 26.7 Å². The van der Waals surface area contributed by atoms with Crippen LogP contribution in [0.3, 0.4) is 0 Å². The number of nitrogens with zero attached hydrogens (tertiary/aromatic N) is 5. The van der Waals surface area contributed by atoms with Gasteiger partial charge in [-0.05, 0) is 36.4 Å². The average Bonchev–Trinajstić information content (AvgIpc) is 3.33. The molecule has 3 saturated heterocycles. The monoisotopic (exact) mass is 441 g/mol. The molecule has 0 aliphatic carbocycles. The lowest BCUT2D eigenvalue weighted by atomic mass is 9.75. The molecule has 6 nitrogen and oxygen atoms in total. The van der Waals surface area contributed by atoms with Gasteiger partial charge < -0.3 is 4.90 Å². The lowest BCUT2D eigenvalue weighted by molar-refractivity contribution is -0.142. The second-order valence-corrected chi connectivity index (χ2v) is 9.32. The van der Waals surface area contributed by atoms with E-state index in [-0.39, 0.29) is 11.8 Å². The first kappa shape index (κ1) is 21.6. The van der Waals surface area contributed by atoms with Gasteiger partial charge in [-0.15, -0.1) is 11.7 Å². The van der Waals surface area contributed by atoms with Gasteiger partial charge >= 0.3 is 0 Å². The molecule has 3 aromatic rings. The van der Waals surface area contributed by atoms with E-state index in [1.807, 2.05) is 24.0 Å². The van der Waals surface area contributed by atoms with Gasteiger partial charge in [0.05, 0.1) is 18.7 Å². The molecule has 1 aromatic heterocycles. The van der Waals surface area contributed by atoms with Crippen LogP contribution in [0, 0.1) is 11.8 Å². The largest absolute Gasteiger partial charge is 0.342 e. The first-order chi connectivity index (χ1) is 16.1. The van der Waals surface area contributed by atoms with E-state index in [0.29, 0.717) is 18.5 Å². The number of amides is 1.